The van der Waals surface area contributed by atoms with Crippen molar-refractivity contribution in [1.82, 2.24) is 0 Å². The topological polar surface area (TPSA) is 74.2 Å². The van der Waals surface area contributed by atoms with Crippen molar-refractivity contribution >= 4 is 5.97 Å². The third-order valence-electron chi connectivity index (χ3n) is 2.41. The lowest BCUT2D eigenvalue weighted by atomic mass is 9.93. The van der Waals surface area contributed by atoms with Gasteiger partial charge in [0.15, 0.2) is 12.6 Å². The molecule has 0 aromatic carbocycles. The van der Waals surface area contributed by atoms with E-state index in [9.17, 15) is 13.6 Å². The van der Waals surface area contributed by atoms with Gasteiger partial charge in [-0.3, -0.25) is 0 Å². The zero-order valence-corrected chi connectivity index (χ0v) is 13.5. The zero-order valence-electron chi connectivity index (χ0n) is 13.5. The van der Waals surface area contributed by atoms with Crippen LogP contribution in [-0.4, -0.2) is 57.3 Å². The van der Waals surface area contributed by atoms with Gasteiger partial charge in [0.1, 0.15) is 0 Å². The fourth-order valence-electron chi connectivity index (χ4n) is 1.47. The first-order valence-electron chi connectivity index (χ1n) is 6.62. The first-order valence-corrected chi connectivity index (χ1v) is 6.62. The van der Waals surface area contributed by atoms with Crippen LogP contribution in [0.25, 0.3) is 0 Å². The molecule has 0 radical (unpaired) electrons. The minimum atomic E-state index is -3.83. The molecule has 1 unspecified atom stereocenters. The molecule has 0 rings (SSSR count). The van der Waals surface area contributed by atoms with Gasteiger partial charge in [-0.1, -0.05) is 20.8 Å². The maximum Gasteiger partial charge on any atom is 0.340 e. The predicted molar refractivity (Wildman–Crippen MR) is 74.7 cm³/mol. The number of hydrogen-bond donors (Lipinski definition) is 1. The summed E-state index contributed by atoms with van der Waals surface area (Å²) in [4.78, 5) is 10.9. The maximum atomic E-state index is 14.3. The fourth-order valence-corrected chi connectivity index (χ4v) is 1.47. The Morgan fingerprint density at radius 3 is 2.23 bits per heavy atom. The molecular weight excluding hydrogens is 302 g/mol. The lowest BCUT2D eigenvalue weighted by Crippen LogP contribution is -2.44. The van der Waals surface area contributed by atoms with Crippen LogP contribution in [-0.2, 0) is 23.7 Å². The minimum Gasteiger partial charge on any atom is -0.479 e. The number of allylic oxidation sites excluding steroid dienone is 1. The largest absolute Gasteiger partial charge is 0.479 e. The highest BCUT2D eigenvalue weighted by Gasteiger charge is 2.50. The molecule has 0 aliphatic carbocycles. The van der Waals surface area contributed by atoms with Gasteiger partial charge in [0, 0.05) is 14.2 Å². The summed E-state index contributed by atoms with van der Waals surface area (Å²) < 4.78 is 47.7. The molecule has 0 bridgehead atoms. The number of halogens is 2. The number of carboxylic acids is 1. The summed E-state index contributed by atoms with van der Waals surface area (Å²) in [6.07, 6.45) is -1.19. The van der Waals surface area contributed by atoms with Crippen molar-refractivity contribution in [1.29, 1.82) is 0 Å². The molecule has 0 aliphatic rings. The molecule has 0 aliphatic heterocycles. The highest BCUT2D eigenvalue weighted by atomic mass is 19.3. The van der Waals surface area contributed by atoms with Crippen LogP contribution in [0.5, 0.6) is 0 Å². The van der Waals surface area contributed by atoms with Crippen LogP contribution in [0.1, 0.15) is 20.8 Å². The van der Waals surface area contributed by atoms with E-state index >= 15 is 0 Å². The molecule has 130 valence electrons. The quantitative estimate of drug-likeness (QED) is 0.377. The normalized spacial score (nSPS) is 14.8. The lowest BCUT2D eigenvalue weighted by Gasteiger charge is -2.27. The first kappa shape index (κ1) is 20.8. The molecule has 0 aromatic rings. The molecule has 0 saturated heterocycles. The van der Waals surface area contributed by atoms with E-state index in [0.29, 0.717) is 0 Å². The van der Waals surface area contributed by atoms with Crippen molar-refractivity contribution in [2.75, 3.05) is 34.2 Å². The van der Waals surface area contributed by atoms with E-state index in [-0.39, 0.29) is 13.2 Å². The van der Waals surface area contributed by atoms with Crippen molar-refractivity contribution in [3.05, 3.63) is 11.8 Å². The van der Waals surface area contributed by atoms with Gasteiger partial charge in [0.05, 0.1) is 13.2 Å². The van der Waals surface area contributed by atoms with E-state index in [1.54, 1.807) is 20.8 Å². The van der Waals surface area contributed by atoms with Crippen LogP contribution >= 0.6 is 0 Å². The van der Waals surface area contributed by atoms with Crippen molar-refractivity contribution in [3.63, 3.8) is 0 Å². The second-order valence-corrected chi connectivity index (χ2v) is 5.61. The van der Waals surface area contributed by atoms with E-state index in [0.717, 1.165) is 13.2 Å². The number of rotatable bonds is 10. The summed E-state index contributed by atoms with van der Waals surface area (Å²) in [7, 11) is 2.37. The molecule has 0 heterocycles. The molecule has 8 heteroatoms. The van der Waals surface area contributed by atoms with E-state index in [4.69, 9.17) is 19.3 Å². The molecule has 1 N–H and O–H groups in total. The number of ether oxygens (including phenoxy) is 4. The van der Waals surface area contributed by atoms with Crippen molar-refractivity contribution < 1.29 is 37.6 Å². The second kappa shape index (κ2) is 9.02. The fraction of sp³-hybridized carbons (Fsp3) is 0.786. The van der Waals surface area contributed by atoms with Gasteiger partial charge in [0.2, 0.25) is 6.10 Å². The lowest BCUT2D eigenvalue weighted by molar-refractivity contribution is -0.180. The monoisotopic (exact) mass is 326 g/mol. The number of methoxy groups -OCH3 is 2. The standard InChI is InChI=1S/C14H24F2O6/c1-13(2,3)8-10(22-9-21-7-6-19-4)14(15,16)11(20-5)12(17)18/h8,11H,6-7,9H2,1-5H3,(H,17,18)/b10-8-. The number of alkyl halides is 2. The van der Waals surface area contributed by atoms with Crippen LogP contribution in [0.3, 0.4) is 0 Å². The summed E-state index contributed by atoms with van der Waals surface area (Å²) in [5.74, 6) is -6.42. The van der Waals surface area contributed by atoms with Crippen molar-refractivity contribution in [2.24, 2.45) is 5.41 Å². The van der Waals surface area contributed by atoms with Crippen molar-refractivity contribution in [3.8, 4) is 0 Å². The Labute approximate surface area is 129 Å². The summed E-state index contributed by atoms with van der Waals surface area (Å²) in [6, 6.07) is 0. The smallest absolute Gasteiger partial charge is 0.340 e. The highest BCUT2D eigenvalue weighted by Crippen LogP contribution is 2.34. The Hall–Kier alpha value is -1.25. The molecule has 6 nitrogen and oxygen atoms in total. The van der Waals surface area contributed by atoms with Gasteiger partial charge in [-0.2, -0.15) is 8.78 Å². The summed E-state index contributed by atoms with van der Waals surface area (Å²) >= 11 is 0. The number of carbonyl (C=O) groups is 1. The maximum absolute atomic E-state index is 14.3. The van der Waals surface area contributed by atoms with E-state index in [1.807, 2.05) is 0 Å². The molecule has 0 spiro atoms. The van der Waals surface area contributed by atoms with Gasteiger partial charge >= 0.3 is 11.9 Å². The highest BCUT2D eigenvalue weighted by molar-refractivity contribution is 5.74. The van der Waals surface area contributed by atoms with Gasteiger partial charge in [-0.25, -0.2) is 4.79 Å². The Kier molecular flexibility index (Phi) is 8.50. The van der Waals surface area contributed by atoms with Crippen LogP contribution in [0.15, 0.2) is 11.8 Å². The molecular formula is C14H24F2O6. The molecule has 1 atom stereocenters. The predicted octanol–water partition coefficient (Wildman–Crippen LogP) is 2.29. The Morgan fingerprint density at radius 1 is 1.23 bits per heavy atom. The average Bonchev–Trinajstić information content (AvgIpc) is 2.35. The van der Waals surface area contributed by atoms with Gasteiger partial charge in [-0.15, -0.1) is 0 Å². The van der Waals surface area contributed by atoms with Gasteiger partial charge in [-0.05, 0) is 11.5 Å². The minimum absolute atomic E-state index is 0.164. The van der Waals surface area contributed by atoms with Gasteiger partial charge < -0.3 is 24.1 Å². The summed E-state index contributed by atoms with van der Waals surface area (Å²) in [6.45, 7) is 5.05. The Bertz CT molecular complexity index is 376. The number of carboxylic acid groups (broad SMARTS) is 1. The molecule has 0 amide bonds. The van der Waals surface area contributed by atoms with Crippen LogP contribution in [0.2, 0.25) is 0 Å². The van der Waals surface area contributed by atoms with Crippen molar-refractivity contribution in [2.45, 2.75) is 32.8 Å². The molecule has 0 saturated carbocycles. The Balaban J connectivity index is 5.14. The summed E-state index contributed by atoms with van der Waals surface area (Å²) in [5, 5.41) is 8.86. The Morgan fingerprint density at radius 2 is 1.82 bits per heavy atom. The second-order valence-electron chi connectivity index (χ2n) is 5.61. The molecule has 22 heavy (non-hydrogen) atoms. The first-order chi connectivity index (χ1) is 10.1. The van der Waals surface area contributed by atoms with Crippen LogP contribution < -0.4 is 0 Å². The van der Waals surface area contributed by atoms with E-state index in [1.165, 1.54) is 7.11 Å². The molecule has 0 fully saturated rings. The number of hydrogen-bond acceptors (Lipinski definition) is 5. The third kappa shape index (κ3) is 7.15. The zero-order chi connectivity index (χ0) is 17.4. The number of aliphatic carboxylic acids is 1. The van der Waals surface area contributed by atoms with E-state index < -0.39 is 36.0 Å². The van der Waals surface area contributed by atoms with Crippen LogP contribution in [0, 0.1) is 5.41 Å². The third-order valence-corrected chi connectivity index (χ3v) is 2.41. The summed E-state index contributed by atoms with van der Waals surface area (Å²) in [5.41, 5.74) is -0.651. The SMILES string of the molecule is COCCOCO/C(=C\C(C)(C)C)C(F)(F)C(OC)C(=O)O. The van der Waals surface area contributed by atoms with Gasteiger partial charge in [0.25, 0.3) is 0 Å². The van der Waals surface area contributed by atoms with E-state index in [2.05, 4.69) is 4.74 Å². The van der Waals surface area contributed by atoms with Crippen LogP contribution in [0.4, 0.5) is 8.78 Å². The average molecular weight is 326 g/mol. The molecule has 0 aromatic heterocycles.